The van der Waals surface area contributed by atoms with Gasteiger partial charge in [0, 0.05) is 0 Å². The molecule has 4 aliphatic heterocycles. The fourth-order valence-electron chi connectivity index (χ4n) is 2.20. The summed E-state index contributed by atoms with van der Waals surface area (Å²) >= 11 is 0. The zero-order chi connectivity index (χ0) is 19.2. The predicted octanol–water partition coefficient (Wildman–Crippen LogP) is -0.734. The van der Waals surface area contributed by atoms with Gasteiger partial charge in [0.15, 0.2) is 0 Å². The van der Waals surface area contributed by atoms with Gasteiger partial charge in [0.2, 0.25) is 0 Å². The first-order valence-corrected chi connectivity index (χ1v) is 8.51. The Morgan fingerprint density at radius 3 is 1.59 bits per heavy atom. The van der Waals surface area contributed by atoms with E-state index in [1.165, 1.54) is 0 Å². The molecule has 0 atom stereocenters. The number of aliphatic hydroxyl groups is 1. The molecule has 0 bridgehead atoms. The van der Waals surface area contributed by atoms with Gasteiger partial charge in [0.05, 0.1) is 50.8 Å². The molecule has 0 unspecified atom stereocenters. The van der Waals surface area contributed by atoms with Crippen molar-refractivity contribution >= 4 is 11.8 Å². The first-order valence-electron chi connectivity index (χ1n) is 8.51. The van der Waals surface area contributed by atoms with Crippen LogP contribution in [0.5, 0.6) is 0 Å². The number of nitrogens with zero attached hydrogens (tertiary/aromatic N) is 1. The van der Waals surface area contributed by atoms with Crippen LogP contribution in [0.25, 0.3) is 0 Å². The largest absolute Gasteiger partial charge is 0.388 e. The Bertz CT molecular complexity index is 620. The minimum absolute atomic E-state index is 0.157. The van der Waals surface area contributed by atoms with E-state index in [0.717, 1.165) is 5.06 Å². The lowest BCUT2D eigenvalue weighted by molar-refractivity contribution is -0.213. The SMILES string of the molecule is NOC1COC1.O=C1c2ccccc2C(=O)N1OC1COC1.OC1COC1. The van der Waals surface area contributed by atoms with E-state index in [1.807, 2.05) is 0 Å². The fraction of sp³-hybridized carbons (Fsp3) is 0.529. The van der Waals surface area contributed by atoms with E-state index in [-0.39, 0.29) is 18.3 Å². The van der Waals surface area contributed by atoms with E-state index in [1.54, 1.807) is 24.3 Å². The Kier molecular flexibility index (Phi) is 6.85. The molecule has 0 radical (unpaired) electrons. The number of nitrogens with two attached hydrogens (primary N) is 1. The zero-order valence-corrected chi connectivity index (χ0v) is 14.6. The minimum Gasteiger partial charge on any atom is -0.388 e. The molecule has 0 aromatic heterocycles. The number of hydrogen-bond acceptors (Lipinski definition) is 9. The molecular formula is C17H22N2O8. The highest BCUT2D eigenvalue weighted by molar-refractivity contribution is 6.20. The topological polar surface area (TPSA) is 130 Å². The summed E-state index contributed by atoms with van der Waals surface area (Å²) in [5.41, 5.74) is 0.792. The van der Waals surface area contributed by atoms with E-state index in [0.29, 0.717) is 50.8 Å². The van der Waals surface area contributed by atoms with Crippen molar-refractivity contribution in [1.82, 2.24) is 5.06 Å². The Hall–Kier alpha value is -1.92. The number of carbonyl (C=O) groups is 2. The van der Waals surface area contributed by atoms with Gasteiger partial charge in [-0.25, -0.2) is 5.90 Å². The van der Waals surface area contributed by atoms with Gasteiger partial charge in [-0.15, -0.1) is 5.06 Å². The summed E-state index contributed by atoms with van der Waals surface area (Å²) in [6.45, 7) is 3.26. The molecule has 10 heteroatoms. The first-order chi connectivity index (χ1) is 13.1. The molecule has 1 aromatic carbocycles. The Balaban J connectivity index is 0.000000156. The molecule has 10 nitrogen and oxygen atoms in total. The van der Waals surface area contributed by atoms with Crippen molar-refractivity contribution < 1.29 is 38.6 Å². The maximum absolute atomic E-state index is 11.8. The highest BCUT2D eigenvalue weighted by Crippen LogP contribution is 2.24. The van der Waals surface area contributed by atoms with Crippen LogP contribution in [0.15, 0.2) is 24.3 Å². The third-order valence-electron chi connectivity index (χ3n) is 4.04. The van der Waals surface area contributed by atoms with Crippen LogP contribution in [0.3, 0.4) is 0 Å². The highest BCUT2D eigenvalue weighted by Gasteiger charge is 2.39. The lowest BCUT2D eigenvalue weighted by atomic mass is 10.1. The predicted molar refractivity (Wildman–Crippen MR) is 89.3 cm³/mol. The van der Waals surface area contributed by atoms with Crippen molar-refractivity contribution in [1.29, 1.82) is 0 Å². The molecule has 4 aliphatic rings. The van der Waals surface area contributed by atoms with Crippen molar-refractivity contribution in [2.75, 3.05) is 39.6 Å². The van der Waals surface area contributed by atoms with Gasteiger partial charge in [-0.05, 0) is 12.1 Å². The molecule has 3 saturated heterocycles. The number of rotatable bonds is 3. The number of amides is 2. The number of imide groups is 1. The minimum atomic E-state index is -0.396. The standard InChI is InChI=1S/C11H9NO4.C3H7NO2.C3H6O2/c13-10-8-3-1-2-4-9(8)11(14)12(10)16-7-5-15-6-7;4-6-3-1-5-2-3;4-3-1-5-2-3/h1-4,7H,5-6H2;3H,1-2,4H2;3-4H,1-2H2. The molecule has 3 fully saturated rings. The molecule has 4 heterocycles. The molecule has 148 valence electrons. The second-order valence-corrected chi connectivity index (χ2v) is 6.20. The Labute approximate surface area is 155 Å². The van der Waals surface area contributed by atoms with Gasteiger partial charge in [-0.2, -0.15) is 0 Å². The number of aliphatic hydroxyl groups excluding tert-OH is 1. The van der Waals surface area contributed by atoms with E-state index >= 15 is 0 Å². The Morgan fingerprint density at radius 1 is 0.889 bits per heavy atom. The van der Waals surface area contributed by atoms with Crippen molar-refractivity contribution in [2.24, 2.45) is 5.90 Å². The highest BCUT2D eigenvalue weighted by atomic mass is 16.7. The zero-order valence-electron chi connectivity index (χ0n) is 14.6. The van der Waals surface area contributed by atoms with Gasteiger partial charge < -0.3 is 19.3 Å². The van der Waals surface area contributed by atoms with E-state index in [2.05, 4.69) is 9.57 Å². The molecule has 5 rings (SSSR count). The van der Waals surface area contributed by atoms with E-state index in [9.17, 15) is 9.59 Å². The lowest BCUT2D eigenvalue weighted by Crippen LogP contribution is -2.44. The fourth-order valence-corrected chi connectivity index (χ4v) is 2.20. The molecule has 2 amide bonds. The number of fused-ring (bicyclic) bond motifs is 1. The maximum Gasteiger partial charge on any atom is 0.285 e. The number of benzene rings is 1. The van der Waals surface area contributed by atoms with Gasteiger partial charge in [0.1, 0.15) is 18.3 Å². The van der Waals surface area contributed by atoms with E-state index < -0.39 is 11.8 Å². The summed E-state index contributed by atoms with van der Waals surface area (Å²) in [4.78, 5) is 33.3. The molecule has 1 aromatic rings. The van der Waals surface area contributed by atoms with Crippen LogP contribution < -0.4 is 5.90 Å². The summed E-state index contributed by atoms with van der Waals surface area (Å²) in [5.74, 6) is 3.96. The summed E-state index contributed by atoms with van der Waals surface area (Å²) in [6, 6.07) is 6.69. The Morgan fingerprint density at radius 2 is 1.33 bits per heavy atom. The summed E-state index contributed by atoms with van der Waals surface area (Å²) in [6.07, 6.45) is -0.179. The second kappa shape index (κ2) is 9.33. The summed E-state index contributed by atoms with van der Waals surface area (Å²) < 4.78 is 14.2. The van der Waals surface area contributed by atoms with Gasteiger partial charge in [-0.3, -0.25) is 19.3 Å². The van der Waals surface area contributed by atoms with Crippen LogP contribution in [0.2, 0.25) is 0 Å². The van der Waals surface area contributed by atoms with Crippen LogP contribution in [-0.2, 0) is 23.9 Å². The van der Waals surface area contributed by atoms with Crippen LogP contribution in [0.1, 0.15) is 20.7 Å². The molecule has 0 spiro atoms. The lowest BCUT2D eigenvalue weighted by Gasteiger charge is -2.28. The van der Waals surface area contributed by atoms with E-state index in [4.69, 9.17) is 25.3 Å². The van der Waals surface area contributed by atoms with Crippen LogP contribution in [0.4, 0.5) is 0 Å². The average molecular weight is 382 g/mol. The third kappa shape index (κ3) is 4.87. The molecular weight excluding hydrogens is 360 g/mol. The maximum atomic E-state index is 11.8. The van der Waals surface area contributed by atoms with Crippen molar-refractivity contribution in [3.05, 3.63) is 35.4 Å². The third-order valence-corrected chi connectivity index (χ3v) is 4.04. The molecule has 0 aliphatic carbocycles. The molecule has 0 saturated carbocycles. The summed E-state index contributed by atoms with van der Waals surface area (Å²) in [5, 5.41) is 9.15. The van der Waals surface area contributed by atoms with Gasteiger partial charge in [-0.1, -0.05) is 12.1 Å². The number of ether oxygens (including phenoxy) is 3. The average Bonchev–Trinajstić information content (AvgIpc) is 2.81. The number of carbonyl (C=O) groups excluding carboxylic acids is 2. The van der Waals surface area contributed by atoms with Crippen molar-refractivity contribution in [3.8, 4) is 0 Å². The van der Waals surface area contributed by atoms with Crippen molar-refractivity contribution in [3.63, 3.8) is 0 Å². The number of hydroxylamine groups is 2. The van der Waals surface area contributed by atoms with Crippen LogP contribution >= 0.6 is 0 Å². The summed E-state index contributed by atoms with van der Waals surface area (Å²) in [7, 11) is 0. The van der Waals surface area contributed by atoms with Gasteiger partial charge in [0.25, 0.3) is 11.8 Å². The second-order valence-electron chi connectivity index (χ2n) is 6.20. The van der Waals surface area contributed by atoms with Crippen molar-refractivity contribution in [2.45, 2.75) is 18.3 Å². The molecule has 3 N–H and O–H groups in total. The monoisotopic (exact) mass is 382 g/mol. The normalized spacial score (nSPS) is 21.8. The van der Waals surface area contributed by atoms with Gasteiger partial charge >= 0.3 is 0 Å². The molecule has 27 heavy (non-hydrogen) atoms. The quantitative estimate of drug-likeness (QED) is 0.513. The number of hydrogen-bond donors (Lipinski definition) is 2. The smallest absolute Gasteiger partial charge is 0.285 e. The van der Waals surface area contributed by atoms with Crippen LogP contribution in [0, 0.1) is 0 Å². The van der Waals surface area contributed by atoms with Crippen LogP contribution in [-0.4, -0.2) is 79.9 Å². The first kappa shape index (κ1) is 19.8.